The van der Waals surface area contributed by atoms with Gasteiger partial charge >= 0.3 is 5.97 Å². The number of rotatable bonds is 6. The molecule has 0 atom stereocenters. The maximum absolute atomic E-state index is 12.0. The lowest BCUT2D eigenvalue weighted by atomic mass is 10.0. The first kappa shape index (κ1) is 19.4. The fourth-order valence-corrected chi connectivity index (χ4v) is 2.81. The number of para-hydroxylation sites is 1. The average molecular weight is 376 g/mol. The molecule has 1 aromatic heterocycles. The van der Waals surface area contributed by atoms with Crippen molar-refractivity contribution in [2.75, 3.05) is 17.7 Å². The van der Waals surface area contributed by atoms with Gasteiger partial charge in [-0.2, -0.15) is 0 Å². The lowest BCUT2D eigenvalue weighted by Crippen LogP contribution is -2.07. The quantitative estimate of drug-likeness (QED) is 0.577. The minimum Gasteiger partial charge on any atom is -0.465 e. The highest BCUT2D eigenvalue weighted by Crippen LogP contribution is 2.24. The fourth-order valence-electron chi connectivity index (χ4n) is 2.81. The van der Waals surface area contributed by atoms with Gasteiger partial charge in [0, 0.05) is 11.8 Å². The number of aryl methyl sites for hydroxylation is 1. The molecule has 144 valence electrons. The van der Waals surface area contributed by atoms with Crippen LogP contribution in [0.2, 0.25) is 0 Å². The molecule has 3 aromatic rings. The summed E-state index contributed by atoms with van der Waals surface area (Å²) in [5, 5.41) is 6.49. The molecule has 0 aliphatic heterocycles. The van der Waals surface area contributed by atoms with E-state index in [0.29, 0.717) is 34.6 Å². The number of ether oxygens (including phenoxy) is 1. The van der Waals surface area contributed by atoms with Crippen LogP contribution in [0.5, 0.6) is 0 Å². The molecule has 0 bridgehead atoms. The van der Waals surface area contributed by atoms with Gasteiger partial charge in [0.2, 0.25) is 0 Å². The van der Waals surface area contributed by atoms with Crippen molar-refractivity contribution in [3.63, 3.8) is 0 Å². The standard InChI is InChI=1S/C22H24N4O2/c1-14(2)16-9-11-17(12-10-16)25-20-13-21(24-15(3)23-20)26-19-8-6-5-7-18(19)22(27)28-4/h5-14H,1-4H3,(H2,23,24,25,26). The molecule has 3 rings (SSSR count). The van der Waals surface area contributed by atoms with E-state index in [1.54, 1.807) is 24.3 Å². The van der Waals surface area contributed by atoms with Crippen molar-refractivity contribution >= 4 is 29.0 Å². The predicted molar refractivity (Wildman–Crippen MR) is 112 cm³/mol. The number of nitrogens with zero attached hydrogens (tertiary/aromatic N) is 2. The lowest BCUT2D eigenvalue weighted by molar-refractivity contribution is 0.0602. The largest absolute Gasteiger partial charge is 0.465 e. The van der Waals surface area contributed by atoms with Crippen molar-refractivity contribution < 1.29 is 9.53 Å². The Hall–Kier alpha value is -3.41. The summed E-state index contributed by atoms with van der Waals surface area (Å²) >= 11 is 0. The second-order valence-electron chi connectivity index (χ2n) is 6.75. The zero-order valence-electron chi connectivity index (χ0n) is 16.5. The predicted octanol–water partition coefficient (Wildman–Crippen LogP) is 5.18. The maximum atomic E-state index is 12.0. The summed E-state index contributed by atoms with van der Waals surface area (Å²) in [5.74, 6) is 1.95. The SMILES string of the molecule is COC(=O)c1ccccc1Nc1cc(Nc2ccc(C(C)C)cc2)nc(C)n1. The number of aromatic nitrogens is 2. The van der Waals surface area contributed by atoms with Gasteiger partial charge in [-0.15, -0.1) is 0 Å². The van der Waals surface area contributed by atoms with Crippen LogP contribution in [-0.4, -0.2) is 23.0 Å². The van der Waals surface area contributed by atoms with Crippen LogP contribution >= 0.6 is 0 Å². The van der Waals surface area contributed by atoms with E-state index in [0.717, 1.165) is 5.69 Å². The van der Waals surface area contributed by atoms with E-state index in [1.807, 2.05) is 25.1 Å². The van der Waals surface area contributed by atoms with E-state index in [2.05, 4.69) is 46.6 Å². The van der Waals surface area contributed by atoms with E-state index < -0.39 is 5.97 Å². The first-order chi connectivity index (χ1) is 13.5. The number of methoxy groups -OCH3 is 1. The van der Waals surface area contributed by atoms with E-state index in [4.69, 9.17) is 4.74 Å². The number of carbonyl (C=O) groups is 1. The van der Waals surface area contributed by atoms with Gasteiger partial charge in [0.05, 0.1) is 18.4 Å². The summed E-state index contributed by atoms with van der Waals surface area (Å²) < 4.78 is 4.84. The normalized spacial score (nSPS) is 10.6. The molecule has 2 N–H and O–H groups in total. The third kappa shape index (κ3) is 4.65. The Balaban J connectivity index is 1.83. The third-order valence-electron chi connectivity index (χ3n) is 4.28. The number of esters is 1. The number of anilines is 4. The van der Waals surface area contributed by atoms with Crippen LogP contribution < -0.4 is 10.6 Å². The number of carbonyl (C=O) groups excluding carboxylic acids is 1. The molecule has 0 spiro atoms. The second-order valence-corrected chi connectivity index (χ2v) is 6.75. The van der Waals surface area contributed by atoms with Crippen LogP contribution in [0.25, 0.3) is 0 Å². The molecule has 2 aromatic carbocycles. The molecule has 0 fully saturated rings. The molecule has 0 radical (unpaired) electrons. The van der Waals surface area contributed by atoms with Crippen molar-refractivity contribution in [1.82, 2.24) is 9.97 Å². The Morgan fingerprint density at radius 2 is 1.61 bits per heavy atom. The Labute approximate surface area is 165 Å². The summed E-state index contributed by atoms with van der Waals surface area (Å²) in [6.07, 6.45) is 0. The molecule has 28 heavy (non-hydrogen) atoms. The fraction of sp³-hybridized carbons (Fsp3) is 0.227. The molecular weight excluding hydrogens is 352 g/mol. The summed E-state index contributed by atoms with van der Waals surface area (Å²) in [4.78, 5) is 20.8. The summed E-state index contributed by atoms with van der Waals surface area (Å²) in [6.45, 7) is 6.16. The molecular formula is C22H24N4O2. The van der Waals surface area contributed by atoms with Crippen molar-refractivity contribution in [2.24, 2.45) is 0 Å². The molecule has 1 heterocycles. The van der Waals surface area contributed by atoms with E-state index in [-0.39, 0.29) is 0 Å². The van der Waals surface area contributed by atoms with Gasteiger partial charge < -0.3 is 15.4 Å². The van der Waals surface area contributed by atoms with Crippen LogP contribution in [0.3, 0.4) is 0 Å². The van der Waals surface area contributed by atoms with Crippen molar-refractivity contribution in [2.45, 2.75) is 26.7 Å². The molecule has 0 amide bonds. The summed E-state index contributed by atoms with van der Waals surface area (Å²) in [5.41, 5.74) is 3.30. The number of hydrogen-bond acceptors (Lipinski definition) is 6. The van der Waals surface area contributed by atoms with Crippen molar-refractivity contribution in [3.8, 4) is 0 Å². The van der Waals surface area contributed by atoms with Crippen LogP contribution in [0, 0.1) is 6.92 Å². The van der Waals surface area contributed by atoms with Gasteiger partial charge in [-0.05, 0) is 42.7 Å². The van der Waals surface area contributed by atoms with Gasteiger partial charge in [0.15, 0.2) is 0 Å². The second kappa shape index (κ2) is 8.52. The molecule has 0 unspecified atom stereocenters. The first-order valence-corrected chi connectivity index (χ1v) is 9.13. The first-order valence-electron chi connectivity index (χ1n) is 9.13. The van der Waals surface area contributed by atoms with Crippen LogP contribution in [-0.2, 0) is 4.74 Å². The Kier molecular flexibility index (Phi) is 5.89. The molecule has 0 aliphatic rings. The summed E-state index contributed by atoms with van der Waals surface area (Å²) in [7, 11) is 1.36. The third-order valence-corrected chi connectivity index (χ3v) is 4.28. The minimum atomic E-state index is -0.405. The minimum absolute atomic E-state index is 0.405. The Bertz CT molecular complexity index is 969. The van der Waals surface area contributed by atoms with E-state index in [9.17, 15) is 4.79 Å². The van der Waals surface area contributed by atoms with E-state index >= 15 is 0 Å². The zero-order chi connectivity index (χ0) is 20.1. The van der Waals surface area contributed by atoms with Crippen LogP contribution in [0.15, 0.2) is 54.6 Å². The Morgan fingerprint density at radius 1 is 0.964 bits per heavy atom. The highest BCUT2D eigenvalue weighted by atomic mass is 16.5. The van der Waals surface area contributed by atoms with Crippen molar-refractivity contribution in [3.05, 3.63) is 71.5 Å². The van der Waals surface area contributed by atoms with Crippen molar-refractivity contribution in [1.29, 1.82) is 0 Å². The molecule has 6 nitrogen and oxygen atoms in total. The number of nitrogens with one attached hydrogen (secondary N) is 2. The average Bonchev–Trinajstić information content (AvgIpc) is 2.68. The Morgan fingerprint density at radius 3 is 2.25 bits per heavy atom. The molecule has 0 saturated carbocycles. The summed E-state index contributed by atoms with van der Waals surface area (Å²) in [6, 6.07) is 17.2. The van der Waals surface area contributed by atoms with Gasteiger partial charge in [0.25, 0.3) is 0 Å². The van der Waals surface area contributed by atoms with Gasteiger partial charge in [0.1, 0.15) is 17.5 Å². The number of benzene rings is 2. The number of hydrogen-bond donors (Lipinski definition) is 2. The van der Waals surface area contributed by atoms with Gasteiger partial charge in [-0.3, -0.25) is 0 Å². The lowest BCUT2D eigenvalue weighted by Gasteiger charge is -2.13. The van der Waals surface area contributed by atoms with E-state index in [1.165, 1.54) is 12.7 Å². The highest BCUT2D eigenvalue weighted by molar-refractivity contribution is 5.96. The molecule has 6 heteroatoms. The zero-order valence-corrected chi connectivity index (χ0v) is 16.5. The maximum Gasteiger partial charge on any atom is 0.339 e. The van der Waals surface area contributed by atoms with Gasteiger partial charge in [-0.25, -0.2) is 14.8 Å². The highest BCUT2D eigenvalue weighted by Gasteiger charge is 2.12. The monoisotopic (exact) mass is 376 g/mol. The molecule has 0 saturated heterocycles. The topological polar surface area (TPSA) is 76.1 Å². The van der Waals surface area contributed by atoms with Gasteiger partial charge in [-0.1, -0.05) is 38.1 Å². The molecule has 0 aliphatic carbocycles. The smallest absolute Gasteiger partial charge is 0.339 e. The van der Waals surface area contributed by atoms with Crippen LogP contribution in [0.4, 0.5) is 23.0 Å². The van der Waals surface area contributed by atoms with Crippen LogP contribution in [0.1, 0.15) is 41.5 Å².